The summed E-state index contributed by atoms with van der Waals surface area (Å²) in [5.74, 6) is 0.264. The maximum Gasteiger partial charge on any atom is 0.134 e. The zero-order chi connectivity index (χ0) is 12.3. The van der Waals surface area contributed by atoms with E-state index in [0.29, 0.717) is 29.4 Å². The molecule has 1 aromatic carbocycles. The Morgan fingerprint density at radius 2 is 2.24 bits per heavy atom. The van der Waals surface area contributed by atoms with E-state index < -0.39 is 0 Å². The number of hydrogen-bond acceptors (Lipinski definition) is 2. The maximum atomic E-state index is 13.5. The number of hydrogen-bond donors (Lipinski definition) is 1. The number of aryl methyl sites for hydroxylation is 1. The van der Waals surface area contributed by atoms with Gasteiger partial charge in [0.25, 0.3) is 0 Å². The van der Waals surface area contributed by atoms with E-state index >= 15 is 0 Å². The monoisotopic (exact) mass is 254 g/mol. The lowest BCUT2D eigenvalue weighted by Gasteiger charge is -2.08. The first-order valence-corrected chi connectivity index (χ1v) is 5.64. The molecule has 0 unspecified atom stereocenters. The highest BCUT2D eigenvalue weighted by molar-refractivity contribution is 6.31. The summed E-state index contributed by atoms with van der Waals surface area (Å²) in [5, 5.41) is 9.46. The SMILES string of the molecule is OCc1nccn1CCc1c(F)cccc1Cl. The number of nitrogens with zero attached hydrogens (tertiary/aromatic N) is 2. The summed E-state index contributed by atoms with van der Waals surface area (Å²) in [6.07, 6.45) is 3.82. The van der Waals surface area contributed by atoms with E-state index in [1.54, 1.807) is 29.1 Å². The van der Waals surface area contributed by atoms with Crippen LogP contribution in [0.4, 0.5) is 4.39 Å². The molecule has 1 aromatic heterocycles. The molecule has 5 heteroatoms. The van der Waals surface area contributed by atoms with Crippen molar-refractivity contribution in [1.82, 2.24) is 9.55 Å². The molecule has 0 saturated heterocycles. The van der Waals surface area contributed by atoms with E-state index in [0.717, 1.165) is 0 Å². The van der Waals surface area contributed by atoms with E-state index in [4.69, 9.17) is 16.7 Å². The van der Waals surface area contributed by atoms with Crippen LogP contribution in [0.2, 0.25) is 5.02 Å². The molecule has 1 heterocycles. The summed E-state index contributed by atoms with van der Waals surface area (Å²) in [7, 11) is 0. The molecule has 0 atom stereocenters. The van der Waals surface area contributed by atoms with Gasteiger partial charge in [-0.25, -0.2) is 9.37 Å². The number of aliphatic hydroxyl groups excluding tert-OH is 1. The van der Waals surface area contributed by atoms with Gasteiger partial charge in [0.15, 0.2) is 0 Å². The molecule has 2 rings (SSSR count). The lowest BCUT2D eigenvalue weighted by Crippen LogP contribution is -2.06. The molecule has 0 aliphatic carbocycles. The van der Waals surface area contributed by atoms with Gasteiger partial charge >= 0.3 is 0 Å². The smallest absolute Gasteiger partial charge is 0.134 e. The van der Waals surface area contributed by atoms with Crippen LogP contribution in [-0.4, -0.2) is 14.7 Å². The van der Waals surface area contributed by atoms with Crippen LogP contribution in [0.25, 0.3) is 0 Å². The maximum absolute atomic E-state index is 13.5. The Hall–Kier alpha value is -1.39. The van der Waals surface area contributed by atoms with E-state index in [1.807, 2.05) is 0 Å². The summed E-state index contributed by atoms with van der Waals surface area (Å²) in [4.78, 5) is 3.98. The van der Waals surface area contributed by atoms with Crippen molar-refractivity contribution in [2.75, 3.05) is 0 Å². The van der Waals surface area contributed by atoms with Crippen LogP contribution in [0.1, 0.15) is 11.4 Å². The zero-order valence-electron chi connectivity index (χ0n) is 9.11. The second-order valence-corrected chi connectivity index (χ2v) is 4.05. The van der Waals surface area contributed by atoms with Gasteiger partial charge in [-0.2, -0.15) is 0 Å². The fourth-order valence-corrected chi connectivity index (χ4v) is 1.96. The first-order valence-electron chi connectivity index (χ1n) is 5.26. The Bertz CT molecular complexity index is 493. The van der Waals surface area contributed by atoms with Crippen molar-refractivity contribution >= 4 is 11.6 Å². The Morgan fingerprint density at radius 1 is 1.41 bits per heavy atom. The molecule has 90 valence electrons. The van der Waals surface area contributed by atoms with Gasteiger partial charge in [-0.3, -0.25) is 0 Å². The van der Waals surface area contributed by atoms with E-state index in [1.165, 1.54) is 6.07 Å². The van der Waals surface area contributed by atoms with Crippen LogP contribution >= 0.6 is 11.6 Å². The minimum Gasteiger partial charge on any atom is -0.388 e. The van der Waals surface area contributed by atoms with Gasteiger partial charge in [-0.1, -0.05) is 17.7 Å². The average molecular weight is 255 g/mol. The van der Waals surface area contributed by atoms with Gasteiger partial charge in [0, 0.05) is 29.5 Å². The predicted octanol–water partition coefficient (Wildman–Crippen LogP) is 2.41. The summed E-state index contributed by atoms with van der Waals surface area (Å²) < 4.78 is 15.3. The van der Waals surface area contributed by atoms with Crippen molar-refractivity contribution in [2.45, 2.75) is 19.6 Å². The van der Waals surface area contributed by atoms with Crippen LogP contribution in [0, 0.1) is 5.82 Å². The van der Waals surface area contributed by atoms with Gasteiger partial charge in [-0.05, 0) is 18.6 Å². The van der Waals surface area contributed by atoms with Crippen LogP contribution in [0.3, 0.4) is 0 Å². The first-order chi connectivity index (χ1) is 8.22. The molecule has 17 heavy (non-hydrogen) atoms. The van der Waals surface area contributed by atoms with Gasteiger partial charge in [0.1, 0.15) is 18.2 Å². The number of rotatable bonds is 4. The Labute approximate surface area is 103 Å². The molecule has 0 fully saturated rings. The number of imidazole rings is 1. The van der Waals surface area contributed by atoms with Crippen molar-refractivity contribution in [3.63, 3.8) is 0 Å². The Morgan fingerprint density at radius 3 is 2.94 bits per heavy atom. The van der Waals surface area contributed by atoms with Crippen LogP contribution in [-0.2, 0) is 19.6 Å². The standard InChI is InChI=1S/C12H12ClFN2O/c13-10-2-1-3-11(14)9(10)4-6-16-7-5-15-12(16)8-17/h1-3,5,7,17H,4,6,8H2. The van der Waals surface area contributed by atoms with Gasteiger partial charge in [0.05, 0.1) is 0 Å². The highest BCUT2D eigenvalue weighted by Crippen LogP contribution is 2.20. The van der Waals surface area contributed by atoms with Crippen molar-refractivity contribution < 1.29 is 9.50 Å². The van der Waals surface area contributed by atoms with Gasteiger partial charge < -0.3 is 9.67 Å². The van der Waals surface area contributed by atoms with Crippen LogP contribution < -0.4 is 0 Å². The van der Waals surface area contributed by atoms with Crippen LogP contribution in [0.15, 0.2) is 30.6 Å². The quantitative estimate of drug-likeness (QED) is 0.910. The molecular weight excluding hydrogens is 243 g/mol. The Balaban J connectivity index is 2.13. The lowest BCUT2D eigenvalue weighted by molar-refractivity contribution is 0.265. The molecule has 0 aliphatic heterocycles. The van der Waals surface area contributed by atoms with Crippen molar-refractivity contribution in [2.24, 2.45) is 0 Å². The highest BCUT2D eigenvalue weighted by Gasteiger charge is 2.08. The van der Waals surface area contributed by atoms with E-state index in [-0.39, 0.29) is 12.4 Å². The van der Waals surface area contributed by atoms with E-state index in [2.05, 4.69) is 4.98 Å². The molecule has 0 saturated carbocycles. The second-order valence-electron chi connectivity index (χ2n) is 3.65. The number of aliphatic hydroxyl groups is 1. The van der Waals surface area contributed by atoms with Crippen molar-refractivity contribution in [3.05, 3.63) is 52.8 Å². The molecular formula is C12H12ClFN2O. The average Bonchev–Trinajstić information content (AvgIpc) is 2.76. The highest BCUT2D eigenvalue weighted by atomic mass is 35.5. The van der Waals surface area contributed by atoms with E-state index in [9.17, 15) is 4.39 Å². The fourth-order valence-electron chi connectivity index (χ4n) is 1.70. The third-order valence-corrected chi connectivity index (χ3v) is 2.96. The molecule has 0 bridgehead atoms. The second kappa shape index (κ2) is 5.29. The predicted molar refractivity (Wildman–Crippen MR) is 63.3 cm³/mol. The minimum atomic E-state index is -0.303. The third kappa shape index (κ3) is 2.65. The molecule has 0 aliphatic rings. The van der Waals surface area contributed by atoms with Gasteiger partial charge in [0.2, 0.25) is 0 Å². The zero-order valence-corrected chi connectivity index (χ0v) is 9.86. The Kier molecular flexibility index (Phi) is 3.76. The molecule has 0 amide bonds. The van der Waals surface area contributed by atoms with Crippen molar-refractivity contribution in [1.29, 1.82) is 0 Å². The molecule has 1 N–H and O–H groups in total. The van der Waals surface area contributed by atoms with Gasteiger partial charge in [-0.15, -0.1) is 0 Å². The number of benzene rings is 1. The fraction of sp³-hybridized carbons (Fsp3) is 0.250. The number of aromatic nitrogens is 2. The third-order valence-electron chi connectivity index (χ3n) is 2.61. The first kappa shape index (κ1) is 12.1. The summed E-state index contributed by atoms with van der Waals surface area (Å²) in [5.41, 5.74) is 0.492. The minimum absolute atomic E-state index is 0.127. The number of halogens is 2. The summed E-state index contributed by atoms with van der Waals surface area (Å²) in [6, 6.07) is 4.64. The molecule has 3 nitrogen and oxygen atoms in total. The normalized spacial score (nSPS) is 10.8. The van der Waals surface area contributed by atoms with Crippen molar-refractivity contribution in [3.8, 4) is 0 Å². The molecule has 2 aromatic rings. The lowest BCUT2D eigenvalue weighted by atomic mass is 10.1. The molecule has 0 spiro atoms. The largest absolute Gasteiger partial charge is 0.388 e. The van der Waals surface area contributed by atoms with Crippen LogP contribution in [0.5, 0.6) is 0 Å². The topological polar surface area (TPSA) is 38.1 Å². The summed E-state index contributed by atoms with van der Waals surface area (Å²) in [6.45, 7) is 0.411. The summed E-state index contributed by atoms with van der Waals surface area (Å²) >= 11 is 5.93. The molecule has 0 radical (unpaired) electrons.